The molecule has 1 atom stereocenters. The highest BCUT2D eigenvalue weighted by Crippen LogP contribution is 2.32. The third-order valence-electron chi connectivity index (χ3n) is 4.76. The predicted octanol–water partition coefficient (Wildman–Crippen LogP) is 2.54. The van der Waals surface area contributed by atoms with Crippen LogP contribution < -0.4 is 15.5 Å². The highest BCUT2D eigenvalue weighted by atomic mass is 19.4. The molecule has 7 heteroatoms. The smallest absolute Gasteiger partial charge is 0.371 e. The van der Waals surface area contributed by atoms with E-state index in [4.69, 9.17) is 0 Å². The molecule has 1 aromatic carbocycles. The normalized spacial score (nSPS) is 22.6. The number of alkyl halides is 3. The van der Waals surface area contributed by atoms with Gasteiger partial charge >= 0.3 is 6.18 Å². The Morgan fingerprint density at radius 2 is 1.96 bits per heavy atom. The van der Waals surface area contributed by atoms with E-state index in [1.54, 1.807) is 6.07 Å². The van der Waals surface area contributed by atoms with Crippen molar-refractivity contribution in [2.75, 3.05) is 24.5 Å². The van der Waals surface area contributed by atoms with E-state index in [-0.39, 0.29) is 18.0 Å². The van der Waals surface area contributed by atoms with Gasteiger partial charge in [-0.05, 0) is 50.4 Å². The number of hydrogen-bond donors (Lipinski definition) is 2. The van der Waals surface area contributed by atoms with Crippen LogP contribution in [0.2, 0.25) is 0 Å². The molecule has 2 fully saturated rings. The largest absolute Gasteiger partial charge is 0.416 e. The van der Waals surface area contributed by atoms with Crippen molar-refractivity contribution < 1.29 is 18.0 Å². The highest BCUT2D eigenvalue weighted by molar-refractivity contribution is 5.82. The molecule has 2 N–H and O–H groups in total. The van der Waals surface area contributed by atoms with E-state index in [1.165, 1.54) is 12.1 Å². The third kappa shape index (κ3) is 4.01. The number of carbonyl (C=O) groups is 1. The van der Waals surface area contributed by atoms with Crippen LogP contribution in [0, 0.1) is 0 Å². The Morgan fingerprint density at radius 3 is 2.58 bits per heavy atom. The van der Waals surface area contributed by atoms with E-state index in [2.05, 4.69) is 10.6 Å². The van der Waals surface area contributed by atoms with Gasteiger partial charge in [0.15, 0.2) is 0 Å². The lowest BCUT2D eigenvalue weighted by Crippen LogP contribution is -2.49. The van der Waals surface area contributed by atoms with Crippen molar-refractivity contribution in [2.24, 2.45) is 0 Å². The summed E-state index contributed by atoms with van der Waals surface area (Å²) in [7, 11) is 0. The molecule has 0 aliphatic carbocycles. The molecule has 2 aliphatic rings. The van der Waals surface area contributed by atoms with E-state index in [0.717, 1.165) is 38.3 Å². The number of nitrogens with one attached hydrogen (secondary N) is 2. The number of anilines is 1. The van der Waals surface area contributed by atoms with Crippen LogP contribution in [0.5, 0.6) is 0 Å². The maximum absolute atomic E-state index is 12.8. The zero-order valence-electron chi connectivity index (χ0n) is 13.4. The molecular weight excluding hydrogens is 319 g/mol. The maximum atomic E-state index is 12.8. The Labute approximate surface area is 139 Å². The van der Waals surface area contributed by atoms with Gasteiger partial charge in [0.1, 0.15) is 0 Å². The summed E-state index contributed by atoms with van der Waals surface area (Å²) in [6.07, 6.45) is -0.943. The fourth-order valence-corrected chi connectivity index (χ4v) is 3.37. The summed E-state index contributed by atoms with van der Waals surface area (Å²) in [4.78, 5) is 14.1. The number of halogens is 3. The van der Waals surface area contributed by atoms with Crippen molar-refractivity contribution >= 4 is 11.6 Å². The first-order chi connectivity index (χ1) is 11.4. The summed E-state index contributed by atoms with van der Waals surface area (Å²) >= 11 is 0. The van der Waals surface area contributed by atoms with Gasteiger partial charge in [0.05, 0.1) is 11.6 Å². The second kappa shape index (κ2) is 7.01. The lowest BCUT2D eigenvalue weighted by Gasteiger charge is -2.34. The lowest BCUT2D eigenvalue weighted by molar-refractivity contribution is -0.137. The molecule has 0 bridgehead atoms. The fourth-order valence-electron chi connectivity index (χ4n) is 3.37. The molecule has 132 valence electrons. The molecule has 0 aromatic heterocycles. The molecule has 2 heterocycles. The number of rotatable bonds is 3. The average Bonchev–Trinajstić information content (AvgIpc) is 3.09. The Kier molecular flexibility index (Phi) is 4.99. The molecule has 0 spiro atoms. The minimum absolute atomic E-state index is 0.0463. The molecule has 3 rings (SSSR count). The number of carbonyl (C=O) groups excluding carboxylic acids is 1. The quantitative estimate of drug-likeness (QED) is 0.888. The van der Waals surface area contributed by atoms with E-state index in [1.807, 2.05) is 4.90 Å². The molecular formula is C17H22F3N3O. The van der Waals surface area contributed by atoms with Crippen LogP contribution in [0.3, 0.4) is 0 Å². The van der Waals surface area contributed by atoms with Crippen molar-refractivity contribution in [1.82, 2.24) is 10.6 Å². The maximum Gasteiger partial charge on any atom is 0.416 e. The predicted molar refractivity (Wildman–Crippen MR) is 85.8 cm³/mol. The lowest BCUT2D eigenvalue weighted by atomic mass is 10.0. The second-order valence-electron chi connectivity index (χ2n) is 6.47. The van der Waals surface area contributed by atoms with E-state index < -0.39 is 11.7 Å². The molecule has 1 aromatic rings. The summed E-state index contributed by atoms with van der Waals surface area (Å²) in [6.45, 7) is 2.17. The number of amides is 1. The van der Waals surface area contributed by atoms with E-state index in [9.17, 15) is 18.0 Å². The molecule has 24 heavy (non-hydrogen) atoms. The van der Waals surface area contributed by atoms with Crippen molar-refractivity contribution in [2.45, 2.75) is 43.9 Å². The van der Waals surface area contributed by atoms with Crippen molar-refractivity contribution in [3.63, 3.8) is 0 Å². The van der Waals surface area contributed by atoms with E-state index in [0.29, 0.717) is 18.8 Å². The molecule has 1 unspecified atom stereocenters. The topological polar surface area (TPSA) is 44.4 Å². The Bertz CT molecular complexity index is 577. The van der Waals surface area contributed by atoms with Crippen molar-refractivity contribution in [3.05, 3.63) is 29.8 Å². The van der Waals surface area contributed by atoms with Gasteiger partial charge < -0.3 is 15.5 Å². The zero-order chi connectivity index (χ0) is 17.2. The number of benzene rings is 1. The molecule has 2 aliphatic heterocycles. The second-order valence-corrected chi connectivity index (χ2v) is 6.47. The molecule has 2 saturated heterocycles. The van der Waals surface area contributed by atoms with Crippen LogP contribution in [0.15, 0.2) is 24.3 Å². The molecule has 0 radical (unpaired) electrons. The first-order valence-corrected chi connectivity index (χ1v) is 8.39. The van der Waals surface area contributed by atoms with Gasteiger partial charge in [0.2, 0.25) is 5.91 Å². The Morgan fingerprint density at radius 1 is 1.21 bits per heavy atom. The molecule has 0 saturated carbocycles. The van der Waals surface area contributed by atoms with Crippen LogP contribution in [0.1, 0.15) is 31.2 Å². The Balaban J connectivity index is 1.54. The van der Waals surface area contributed by atoms with Crippen LogP contribution >= 0.6 is 0 Å². The standard InChI is InChI=1S/C17H22F3N3O/c18-17(19,20)12-3-1-4-14(11-12)23-9-6-13(7-10-23)22-16(24)15-5-2-8-21-15/h1,3-4,11,13,15,21H,2,5-10H2,(H,22,24). The zero-order valence-corrected chi connectivity index (χ0v) is 13.4. The van der Waals surface area contributed by atoms with Gasteiger partial charge in [-0.3, -0.25) is 4.79 Å². The molecule has 1 amide bonds. The van der Waals surface area contributed by atoms with Crippen molar-refractivity contribution in [1.29, 1.82) is 0 Å². The molecule has 4 nitrogen and oxygen atoms in total. The monoisotopic (exact) mass is 341 g/mol. The summed E-state index contributed by atoms with van der Waals surface area (Å²) < 4.78 is 38.4. The summed E-state index contributed by atoms with van der Waals surface area (Å²) in [5, 5.41) is 6.23. The summed E-state index contributed by atoms with van der Waals surface area (Å²) in [5.74, 6) is 0.0463. The van der Waals surface area contributed by atoms with Crippen LogP contribution in [0.25, 0.3) is 0 Å². The van der Waals surface area contributed by atoms with Gasteiger partial charge in [-0.2, -0.15) is 13.2 Å². The van der Waals surface area contributed by atoms with Gasteiger partial charge in [0.25, 0.3) is 0 Å². The Hall–Kier alpha value is -1.76. The average molecular weight is 341 g/mol. The van der Waals surface area contributed by atoms with Crippen molar-refractivity contribution in [3.8, 4) is 0 Å². The van der Waals surface area contributed by atoms with Crippen LogP contribution in [-0.2, 0) is 11.0 Å². The SMILES string of the molecule is O=C(NC1CCN(c2cccc(C(F)(F)F)c2)CC1)C1CCCN1. The first kappa shape index (κ1) is 17.1. The van der Waals surface area contributed by atoms with Crippen LogP contribution in [-0.4, -0.2) is 37.6 Å². The van der Waals surface area contributed by atoms with E-state index >= 15 is 0 Å². The third-order valence-corrected chi connectivity index (χ3v) is 4.76. The first-order valence-electron chi connectivity index (χ1n) is 8.39. The van der Waals surface area contributed by atoms with Gasteiger partial charge in [-0.15, -0.1) is 0 Å². The number of hydrogen-bond acceptors (Lipinski definition) is 3. The number of piperidine rings is 1. The van der Waals surface area contributed by atoms with Crippen LogP contribution in [0.4, 0.5) is 18.9 Å². The fraction of sp³-hybridized carbons (Fsp3) is 0.588. The highest BCUT2D eigenvalue weighted by Gasteiger charge is 2.31. The summed E-state index contributed by atoms with van der Waals surface area (Å²) in [6, 6.07) is 5.44. The minimum Gasteiger partial charge on any atom is -0.371 e. The number of nitrogens with zero attached hydrogens (tertiary/aromatic N) is 1. The minimum atomic E-state index is -4.32. The van der Waals surface area contributed by atoms with Gasteiger partial charge in [-0.25, -0.2) is 0 Å². The van der Waals surface area contributed by atoms with Gasteiger partial charge in [-0.1, -0.05) is 6.07 Å². The summed E-state index contributed by atoms with van der Waals surface area (Å²) in [5.41, 5.74) is -0.0326. The van der Waals surface area contributed by atoms with Gasteiger partial charge in [0, 0.05) is 24.8 Å².